The fraction of sp³-hybridized carbons (Fsp3) is 0.208. The van der Waals surface area contributed by atoms with Gasteiger partial charge in [-0.15, -0.1) is 21.5 Å². The van der Waals surface area contributed by atoms with Crippen LogP contribution in [0.1, 0.15) is 46.4 Å². The van der Waals surface area contributed by atoms with Gasteiger partial charge in [0.15, 0.2) is 5.01 Å². The number of tetrazole rings is 1. The van der Waals surface area contributed by atoms with Gasteiger partial charge < -0.3 is 4.74 Å². The lowest BCUT2D eigenvalue weighted by atomic mass is 10.1. The van der Waals surface area contributed by atoms with E-state index in [2.05, 4.69) is 25.4 Å². The number of nitrogens with zero attached hydrogens (tertiary/aromatic N) is 7. The van der Waals surface area contributed by atoms with Gasteiger partial charge in [0, 0.05) is 23.3 Å². The maximum atomic E-state index is 13.1. The minimum Gasteiger partial charge on any atom is -0.497 e. The van der Waals surface area contributed by atoms with Crippen molar-refractivity contribution in [3.05, 3.63) is 86.4 Å². The summed E-state index contributed by atoms with van der Waals surface area (Å²) < 4.78 is 6.53. The van der Waals surface area contributed by atoms with Crippen molar-refractivity contribution in [2.45, 2.75) is 26.3 Å². The van der Waals surface area contributed by atoms with E-state index in [1.807, 2.05) is 43.5 Å². The fourth-order valence-corrected chi connectivity index (χ4v) is 4.40. The highest BCUT2D eigenvalue weighted by molar-refractivity contribution is 7.12. The average molecular weight is 488 g/mol. The molecule has 0 radical (unpaired) electrons. The fourth-order valence-electron chi connectivity index (χ4n) is 3.46. The predicted molar refractivity (Wildman–Crippen MR) is 130 cm³/mol. The van der Waals surface area contributed by atoms with E-state index in [0.717, 1.165) is 17.0 Å². The number of fused-ring (bicyclic) bond motifs is 1. The lowest BCUT2D eigenvalue weighted by Crippen LogP contribution is -2.18. The van der Waals surface area contributed by atoms with Crippen molar-refractivity contribution >= 4 is 22.8 Å². The van der Waals surface area contributed by atoms with E-state index in [1.165, 1.54) is 32.9 Å². The zero-order valence-corrected chi connectivity index (χ0v) is 20.1. The van der Waals surface area contributed by atoms with Gasteiger partial charge in [0.2, 0.25) is 11.6 Å². The maximum Gasteiger partial charge on any atom is 0.269 e. The SMILES string of the molecule is COc1ccc(Cn2nnc(-c3cnc4cc(C(=O)c5nc(C(C)C)cs5)ccn4c3=O)n2)cc1. The Labute approximate surface area is 203 Å². The van der Waals surface area contributed by atoms with Crippen LogP contribution in [0.3, 0.4) is 0 Å². The van der Waals surface area contributed by atoms with E-state index in [4.69, 9.17) is 4.74 Å². The quantitative estimate of drug-likeness (QED) is 0.321. The number of carbonyl (C=O) groups is 1. The smallest absolute Gasteiger partial charge is 0.269 e. The minimum absolute atomic E-state index is 0.176. The van der Waals surface area contributed by atoms with Gasteiger partial charge in [0.05, 0.1) is 19.3 Å². The molecule has 0 bridgehead atoms. The highest BCUT2D eigenvalue weighted by Crippen LogP contribution is 2.21. The number of benzene rings is 1. The van der Waals surface area contributed by atoms with Gasteiger partial charge in [-0.1, -0.05) is 26.0 Å². The molecule has 176 valence electrons. The predicted octanol–water partition coefficient (Wildman–Crippen LogP) is 3.22. The Bertz CT molecular complexity index is 1590. The molecule has 11 heteroatoms. The minimum atomic E-state index is -0.352. The summed E-state index contributed by atoms with van der Waals surface area (Å²) in [5.74, 6) is 0.972. The van der Waals surface area contributed by atoms with Crippen molar-refractivity contribution in [2.24, 2.45) is 0 Å². The second-order valence-corrected chi connectivity index (χ2v) is 9.03. The monoisotopic (exact) mass is 487 g/mol. The highest BCUT2D eigenvalue weighted by Gasteiger charge is 2.18. The number of hydrogen-bond donors (Lipinski definition) is 0. The van der Waals surface area contributed by atoms with Crippen LogP contribution in [-0.2, 0) is 6.54 Å². The molecule has 0 atom stereocenters. The summed E-state index contributed by atoms with van der Waals surface area (Å²) in [7, 11) is 1.61. The third-order valence-corrected chi connectivity index (χ3v) is 6.32. The number of methoxy groups -OCH3 is 1. The molecule has 0 saturated carbocycles. The first-order chi connectivity index (χ1) is 16.9. The zero-order valence-electron chi connectivity index (χ0n) is 19.2. The first-order valence-corrected chi connectivity index (χ1v) is 11.7. The van der Waals surface area contributed by atoms with Gasteiger partial charge in [-0.05, 0) is 41.0 Å². The van der Waals surface area contributed by atoms with Crippen LogP contribution in [0, 0.1) is 0 Å². The Balaban J connectivity index is 1.40. The summed E-state index contributed by atoms with van der Waals surface area (Å²) in [5, 5.41) is 14.7. The van der Waals surface area contributed by atoms with E-state index in [1.54, 1.807) is 19.2 Å². The van der Waals surface area contributed by atoms with Gasteiger partial charge in [-0.2, -0.15) is 4.80 Å². The molecule has 0 fully saturated rings. The van der Waals surface area contributed by atoms with Crippen LogP contribution in [0.5, 0.6) is 5.75 Å². The summed E-state index contributed by atoms with van der Waals surface area (Å²) in [6, 6.07) is 10.7. The van der Waals surface area contributed by atoms with Crippen LogP contribution in [0.4, 0.5) is 0 Å². The number of thiazole rings is 1. The van der Waals surface area contributed by atoms with Gasteiger partial charge in [-0.25, -0.2) is 9.97 Å². The third-order valence-electron chi connectivity index (χ3n) is 5.46. The van der Waals surface area contributed by atoms with Crippen molar-refractivity contribution in [3.63, 3.8) is 0 Å². The normalized spacial score (nSPS) is 11.3. The maximum absolute atomic E-state index is 13.1. The number of carbonyl (C=O) groups excluding carboxylic acids is 1. The van der Waals surface area contributed by atoms with Crippen LogP contribution < -0.4 is 10.3 Å². The van der Waals surface area contributed by atoms with Crippen molar-refractivity contribution < 1.29 is 9.53 Å². The Kier molecular flexibility index (Phi) is 5.91. The lowest BCUT2D eigenvalue weighted by molar-refractivity contribution is 0.103. The molecule has 0 saturated heterocycles. The van der Waals surface area contributed by atoms with Gasteiger partial charge >= 0.3 is 0 Å². The molecule has 0 N–H and O–H groups in total. The third kappa shape index (κ3) is 4.45. The Morgan fingerprint density at radius 2 is 1.97 bits per heavy atom. The first-order valence-electron chi connectivity index (χ1n) is 10.9. The molecule has 10 nitrogen and oxygen atoms in total. The van der Waals surface area contributed by atoms with Crippen LogP contribution in [0.2, 0.25) is 0 Å². The Morgan fingerprint density at radius 1 is 1.17 bits per heavy atom. The molecule has 35 heavy (non-hydrogen) atoms. The summed E-state index contributed by atoms with van der Waals surface area (Å²) in [4.78, 5) is 36.2. The topological polar surface area (TPSA) is 117 Å². The van der Waals surface area contributed by atoms with Crippen molar-refractivity contribution in [1.29, 1.82) is 0 Å². The number of rotatable bonds is 7. The largest absolute Gasteiger partial charge is 0.497 e. The molecule has 4 heterocycles. The van der Waals surface area contributed by atoms with Crippen LogP contribution in [0.25, 0.3) is 17.0 Å². The van der Waals surface area contributed by atoms with Gasteiger partial charge in [0.1, 0.15) is 17.0 Å². The molecule has 0 aliphatic rings. The second kappa shape index (κ2) is 9.18. The number of pyridine rings is 1. The van der Waals surface area contributed by atoms with E-state index < -0.39 is 0 Å². The summed E-state index contributed by atoms with van der Waals surface area (Å²) >= 11 is 1.31. The molecule has 0 unspecified atom stereocenters. The van der Waals surface area contributed by atoms with Crippen LogP contribution in [0.15, 0.2) is 59.0 Å². The zero-order chi connectivity index (χ0) is 24.5. The van der Waals surface area contributed by atoms with Crippen LogP contribution in [-0.4, -0.2) is 47.5 Å². The second-order valence-electron chi connectivity index (χ2n) is 8.17. The standard InChI is InChI=1S/C24H21N7O3S/c1-14(2)19-13-35-23(26-19)21(32)16-8-9-30-20(10-16)25-11-18(24(30)33)22-27-29-31(28-22)12-15-4-6-17(34-3)7-5-15/h4-11,13-14H,12H2,1-3H3. The van der Waals surface area contributed by atoms with E-state index in [-0.39, 0.29) is 28.6 Å². The molecule has 0 aliphatic heterocycles. The first kappa shape index (κ1) is 22.5. The Hall–Kier alpha value is -4.25. The molecule has 5 rings (SSSR count). The molecule has 0 spiro atoms. The molecule has 0 amide bonds. The average Bonchev–Trinajstić information content (AvgIpc) is 3.54. The summed E-state index contributed by atoms with van der Waals surface area (Å²) in [6.45, 7) is 4.44. The van der Waals surface area contributed by atoms with Gasteiger partial charge in [0.25, 0.3) is 5.56 Å². The summed E-state index contributed by atoms with van der Waals surface area (Å²) in [6.07, 6.45) is 2.93. The summed E-state index contributed by atoms with van der Waals surface area (Å²) in [5.41, 5.74) is 2.46. The molecular formula is C24H21N7O3S. The number of aromatic nitrogens is 7. The molecular weight excluding hydrogens is 466 g/mol. The molecule has 4 aromatic heterocycles. The highest BCUT2D eigenvalue weighted by atomic mass is 32.1. The van der Waals surface area contributed by atoms with E-state index in [9.17, 15) is 9.59 Å². The van der Waals surface area contributed by atoms with E-state index >= 15 is 0 Å². The molecule has 1 aromatic carbocycles. The number of hydrogen-bond acceptors (Lipinski definition) is 9. The lowest BCUT2D eigenvalue weighted by Gasteiger charge is -2.04. The van der Waals surface area contributed by atoms with Gasteiger partial charge in [-0.3, -0.25) is 14.0 Å². The van der Waals surface area contributed by atoms with Crippen molar-refractivity contribution in [1.82, 2.24) is 34.6 Å². The van der Waals surface area contributed by atoms with Crippen LogP contribution >= 0.6 is 11.3 Å². The van der Waals surface area contributed by atoms with E-state index in [0.29, 0.717) is 22.8 Å². The molecule has 0 aliphatic carbocycles. The molecule has 5 aromatic rings. The Morgan fingerprint density at radius 3 is 2.69 bits per heavy atom. The van der Waals surface area contributed by atoms with Crippen molar-refractivity contribution in [2.75, 3.05) is 7.11 Å². The number of ketones is 1. The number of ether oxygens (including phenoxy) is 1. The van der Waals surface area contributed by atoms with Crippen molar-refractivity contribution in [3.8, 4) is 17.1 Å².